The Morgan fingerprint density at radius 2 is 1.77 bits per heavy atom. The second-order valence-corrected chi connectivity index (χ2v) is 7.23. The molecule has 0 aliphatic heterocycles. The molecule has 0 saturated heterocycles. The lowest BCUT2D eigenvalue weighted by Gasteiger charge is -2.17. The first-order valence-corrected chi connectivity index (χ1v) is 10.0. The molecule has 1 heterocycles. The number of aromatic nitrogens is 1. The number of ether oxygens (including phenoxy) is 1. The Morgan fingerprint density at radius 1 is 1.12 bits per heavy atom. The maximum Gasteiger partial charge on any atom is 0.265 e. The van der Waals surface area contributed by atoms with Crippen molar-refractivity contribution >= 4 is 38.4 Å². The molecule has 0 unspecified atom stereocenters. The minimum absolute atomic E-state index is 0.719. The van der Waals surface area contributed by atoms with Crippen LogP contribution in [0, 0.1) is 10.2 Å². The van der Waals surface area contributed by atoms with Gasteiger partial charge in [-0.2, -0.15) is 4.57 Å². The van der Waals surface area contributed by atoms with Gasteiger partial charge in [0.2, 0.25) is 5.52 Å². The molecule has 0 fully saturated rings. The van der Waals surface area contributed by atoms with Gasteiger partial charge >= 0.3 is 0 Å². The van der Waals surface area contributed by atoms with E-state index in [-0.39, 0.29) is 0 Å². The van der Waals surface area contributed by atoms with Crippen LogP contribution in [0.3, 0.4) is 0 Å². The van der Waals surface area contributed by atoms with Gasteiger partial charge in [0.05, 0.1) is 18.1 Å². The molecule has 0 bridgehead atoms. The first-order valence-electron chi connectivity index (χ1n) is 8.00. The van der Waals surface area contributed by atoms with E-state index in [1.165, 1.54) is 26.0 Å². The number of hydrogen-bond donors (Lipinski definition) is 0. The Morgan fingerprint density at radius 3 is 2.38 bits per heavy atom. The molecule has 3 aromatic rings. The van der Waals surface area contributed by atoms with E-state index in [0.717, 1.165) is 18.8 Å². The minimum atomic E-state index is -4.94. The third-order valence-corrected chi connectivity index (χ3v) is 4.86. The van der Waals surface area contributed by atoms with Crippen LogP contribution in [0.4, 0.5) is 0 Å². The van der Waals surface area contributed by atoms with Crippen LogP contribution in [0.2, 0.25) is 0 Å². The summed E-state index contributed by atoms with van der Waals surface area (Å²) >= 11 is 1.81. The highest BCUT2D eigenvalue weighted by atomic mass is 35.7. The van der Waals surface area contributed by atoms with Crippen LogP contribution in [0.15, 0.2) is 42.2 Å². The lowest BCUT2D eigenvalue weighted by molar-refractivity contribution is -2.00. The summed E-state index contributed by atoms with van der Waals surface area (Å²) in [5, 5.41) is 3.82. The van der Waals surface area contributed by atoms with Crippen LogP contribution in [0.25, 0.3) is 27.1 Å². The molecule has 0 radical (unpaired) electrons. The van der Waals surface area contributed by atoms with Crippen LogP contribution in [0.5, 0.6) is 0 Å². The van der Waals surface area contributed by atoms with E-state index in [1.807, 2.05) is 18.3 Å². The van der Waals surface area contributed by atoms with Gasteiger partial charge in [0.15, 0.2) is 0 Å². The zero-order valence-corrected chi connectivity index (χ0v) is 16.3. The van der Waals surface area contributed by atoms with Gasteiger partial charge in [-0.3, -0.25) is 0 Å². The molecular formula is C18H20ClNO5S. The number of fused-ring (bicyclic) bond motifs is 3. The van der Waals surface area contributed by atoms with Gasteiger partial charge < -0.3 is 4.74 Å². The fraction of sp³-hybridized carbons (Fsp3) is 0.278. The van der Waals surface area contributed by atoms with Crippen molar-refractivity contribution in [3.63, 3.8) is 0 Å². The van der Waals surface area contributed by atoms with Gasteiger partial charge in [-0.05, 0) is 24.4 Å². The normalized spacial score (nSPS) is 12.2. The van der Waals surface area contributed by atoms with Crippen molar-refractivity contribution in [3.8, 4) is 0 Å². The van der Waals surface area contributed by atoms with Crippen LogP contribution in [0.1, 0.15) is 25.3 Å². The zero-order chi connectivity index (χ0) is 19.3. The summed E-state index contributed by atoms with van der Waals surface area (Å²) in [6.45, 7) is 4.88. The molecular weight excluding hydrogens is 378 g/mol. The Bertz CT molecular complexity index is 911. The van der Waals surface area contributed by atoms with E-state index >= 15 is 0 Å². The van der Waals surface area contributed by atoms with E-state index < -0.39 is 10.2 Å². The molecule has 26 heavy (non-hydrogen) atoms. The average molecular weight is 398 g/mol. The number of aryl methyl sites for hydroxylation is 1. The van der Waals surface area contributed by atoms with E-state index in [4.69, 9.17) is 23.4 Å². The van der Waals surface area contributed by atoms with Gasteiger partial charge in [-0.25, -0.2) is 18.6 Å². The minimum Gasteiger partial charge on any atom is -0.498 e. The Hall–Kier alpha value is -1.74. The Labute approximate surface area is 157 Å². The first kappa shape index (κ1) is 20.6. The summed E-state index contributed by atoms with van der Waals surface area (Å²) in [6, 6.07) is 13.0. The van der Waals surface area contributed by atoms with Crippen molar-refractivity contribution < 1.29 is 38.2 Å². The Balaban J connectivity index is 0.000000431. The SMILES string of the molecule is CCO/C(=C\c1sc2ccc3ccccc3c2[n+]1C)CC.[O-][Cl+3]([O-])([O-])[O-]. The van der Waals surface area contributed by atoms with Gasteiger partial charge in [-0.15, -0.1) is 10.2 Å². The number of halogens is 1. The van der Waals surface area contributed by atoms with Crippen molar-refractivity contribution in [1.29, 1.82) is 0 Å². The monoisotopic (exact) mass is 397 g/mol. The molecule has 0 atom stereocenters. The molecule has 0 aliphatic rings. The zero-order valence-electron chi connectivity index (χ0n) is 14.7. The van der Waals surface area contributed by atoms with Crippen LogP contribution in [-0.4, -0.2) is 6.61 Å². The number of allylic oxidation sites excluding steroid dienone is 1. The lowest BCUT2D eigenvalue weighted by Crippen LogP contribution is -2.68. The highest BCUT2D eigenvalue weighted by Crippen LogP contribution is 2.28. The third-order valence-electron chi connectivity index (χ3n) is 3.71. The standard InChI is InChI=1S/C18H20NOS.ClHO4/c1-4-14(20-5-2)12-17-19(3)18-15-9-7-6-8-13(15)10-11-16(18)21-17;2-1(3,4)5/h6-12H,4-5H2,1-3H3;(H,2,3,4,5)/q+1;/p-1/b14-12-;. The molecule has 0 saturated carbocycles. The highest BCUT2D eigenvalue weighted by molar-refractivity contribution is 7.19. The molecule has 0 spiro atoms. The molecule has 3 rings (SSSR count). The van der Waals surface area contributed by atoms with E-state index in [1.54, 1.807) is 0 Å². The quantitative estimate of drug-likeness (QED) is 0.452. The average Bonchev–Trinajstić information content (AvgIpc) is 2.89. The van der Waals surface area contributed by atoms with Gasteiger partial charge in [-0.1, -0.05) is 42.5 Å². The summed E-state index contributed by atoms with van der Waals surface area (Å²) in [5.74, 6) is 1.05. The molecule has 2 aromatic carbocycles. The second kappa shape index (κ2) is 8.77. The number of benzene rings is 2. The summed E-state index contributed by atoms with van der Waals surface area (Å²) in [6.07, 6.45) is 3.09. The van der Waals surface area contributed by atoms with Crippen molar-refractivity contribution in [2.24, 2.45) is 7.05 Å². The third kappa shape index (κ3) is 5.38. The molecule has 140 valence electrons. The summed E-state index contributed by atoms with van der Waals surface area (Å²) in [7, 11) is -2.81. The Kier molecular flexibility index (Phi) is 6.94. The van der Waals surface area contributed by atoms with Gasteiger partial charge in [0.1, 0.15) is 17.5 Å². The first-order chi connectivity index (χ1) is 12.2. The van der Waals surface area contributed by atoms with Crippen LogP contribution < -0.4 is 23.2 Å². The van der Waals surface area contributed by atoms with Crippen molar-refractivity contribution in [2.45, 2.75) is 20.3 Å². The number of thiazole rings is 1. The second-order valence-electron chi connectivity index (χ2n) is 5.41. The molecule has 0 amide bonds. The molecule has 8 heteroatoms. The van der Waals surface area contributed by atoms with Gasteiger partial charge in [0.25, 0.3) is 5.01 Å². The predicted octanol–water partition coefficient (Wildman–Crippen LogP) is -0.0896. The lowest BCUT2D eigenvalue weighted by atomic mass is 10.1. The fourth-order valence-electron chi connectivity index (χ4n) is 2.65. The molecule has 0 aliphatic carbocycles. The van der Waals surface area contributed by atoms with Gasteiger partial charge in [0, 0.05) is 6.42 Å². The topological polar surface area (TPSA) is 105 Å². The highest BCUT2D eigenvalue weighted by Gasteiger charge is 2.18. The van der Waals surface area contributed by atoms with Crippen molar-refractivity contribution in [2.75, 3.05) is 6.61 Å². The smallest absolute Gasteiger partial charge is 0.265 e. The number of rotatable bonds is 4. The maximum atomic E-state index is 8.49. The number of nitrogens with zero attached hydrogens (tertiary/aromatic N) is 1. The summed E-state index contributed by atoms with van der Waals surface area (Å²) in [4.78, 5) is 0. The fourth-order valence-corrected chi connectivity index (χ4v) is 3.77. The largest absolute Gasteiger partial charge is 0.498 e. The maximum absolute atomic E-state index is 8.49. The number of hydrogen-bond acceptors (Lipinski definition) is 6. The van der Waals surface area contributed by atoms with Crippen LogP contribution >= 0.6 is 11.3 Å². The van der Waals surface area contributed by atoms with Crippen molar-refractivity contribution in [1.82, 2.24) is 0 Å². The summed E-state index contributed by atoms with van der Waals surface area (Å²) in [5.41, 5.74) is 1.30. The predicted molar refractivity (Wildman–Crippen MR) is 90.4 cm³/mol. The molecule has 1 aromatic heterocycles. The molecule has 6 nitrogen and oxygen atoms in total. The van der Waals surface area contributed by atoms with E-state index in [0.29, 0.717) is 0 Å². The van der Waals surface area contributed by atoms with Crippen LogP contribution in [-0.2, 0) is 11.8 Å². The molecule has 0 N–H and O–H groups in total. The summed E-state index contributed by atoms with van der Waals surface area (Å²) < 4.78 is 43.2. The van der Waals surface area contributed by atoms with Crippen molar-refractivity contribution in [3.05, 3.63) is 47.2 Å². The van der Waals surface area contributed by atoms with E-state index in [9.17, 15) is 0 Å². The van der Waals surface area contributed by atoms with E-state index in [2.05, 4.69) is 61.0 Å².